The number of nitrogens with zero attached hydrogens (tertiary/aromatic N) is 3. The molecule has 6 heteroatoms. The first-order valence-electron chi connectivity index (χ1n) is 9.57. The van der Waals surface area contributed by atoms with Crippen molar-refractivity contribution in [2.24, 2.45) is 9.98 Å². The van der Waals surface area contributed by atoms with Crippen molar-refractivity contribution in [1.29, 1.82) is 0 Å². The first-order valence-corrected chi connectivity index (χ1v) is 11.4. The van der Waals surface area contributed by atoms with E-state index in [2.05, 4.69) is 46.0 Å². The molecular formula is C20H24N4S2. The van der Waals surface area contributed by atoms with Gasteiger partial charge in [-0.1, -0.05) is 66.7 Å². The van der Waals surface area contributed by atoms with Crippen molar-refractivity contribution in [3.05, 3.63) is 47.0 Å². The van der Waals surface area contributed by atoms with Gasteiger partial charge in [0.1, 0.15) is 0 Å². The second-order valence-electron chi connectivity index (χ2n) is 7.39. The van der Waals surface area contributed by atoms with Crippen LogP contribution in [0.2, 0.25) is 0 Å². The highest BCUT2D eigenvalue weighted by Crippen LogP contribution is 2.41. The van der Waals surface area contributed by atoms with Crippen LogP contribution < -0.4 is 5.32 Å². The number of thioether (sulfide) groups is 2. The number of fused-ring (bicyclic) bond motifs is 3. The highest BCUT2D eigenvalue weighted by molar-refractivity contribution is 8.17. The van der Waals surface area contributed by atoms with Crippen LogP contribution in [0.3, 0.4) is 0 Å². The zero-order valence-electron chi connectivity index (χ0n) is 14.8. The molecule has 1 aromatic rings. The molecule has 0 spiro atoms. The fourth-order valence-electron chi connectivity index (χ4n) is 4.30. The average molecular weight is 385 g/mol. The highest BCUT2D eigenvalue weighted by atomic mass is 32.2. The highest BCUT2D eigenvalue weighted by Gasteiger charge is 2.41. The van der Waals surface area contributed by atoms with Crippen LogP contribution in [-0.4, -0.2) is 45.7 Å². The molecule has 0 amide bonds. The van der Waals surface area contributed by atoms with E-state index in [-0.39, 0.29) is 0 Å². The number of nitrogens with one attached hydrogen (secondary N) is 1. The molecule has 26 heavy (non-hydrogen) atoms. The Hall–Kier alpha value is -1.40. The summed E-state index contributed by atoms with van der Waals surface area (Å²) in [6.45, 7) is 0.881. The summed E-state index contributed by atoms with van der Waals surface area (Å²) in [5, 5.41) is 8.24. The van der Waals surface area contributed by atoms with Gasteiger partial charge in [0.15, 0.2) is 10.3 Å². The van der Waals surface area contributed by atoms with Gasteiger partial charge in [-0.25, -0.2) is 0 Å². The molecule has 0 radical (unpaired) electrons. The lowest BCUT2D eigenvalue weighted by Gasteiger charge is -2.31. The van der Waals surface area contributed by atoms with E-state index in [0.717, 1.165) is 23.9 Å². The van der Waals surface area contributed by atoms with Crippen LogP contribution in [0.1, 0.15) is 31.2 Å². The van der Waals surface area contributed by atoms with E-state index in [9.17, 15) is 0 Å². The third-order valence-corrected chi connectivity index (χ3v) is 7.45. The molecule has 4 aliphatic rings. The van der Waals surface area contributed by atoms with Gasteiger partial charge < -0.3 is 10.2 Å². The Morgan fingerprint density at radius 2 is 2.08 bits per heavy atom. The van der Waals surface area contributed by atoms with Crippen LogP contribution in [0.5, 0.6) is 0 Å². The summed E-state index contributed by atoms with van der Waals surface area (Å²) in [4.78, 5) is 12.2. The summed E-state index contributed by atoms with van der Waals surface area (Å²) < 4.78 is 0. The molecule has 0 saturated heterocycles. The minimum atomic E-state index is 0.429. The Balaban J connectivity index is 1.15. The van der Waals surface area contributed by atoms with Crippen LogP contribution in [0.4, 0.5) is 0 Å². The molecule has 5 rings (SSSR count). The Labute approximate surface area is 163 Å². The van der Waals surface area contributed by atoms with E-state index >= 15 is 0 Å². The van der Waals surface area contributed by atoms with Crippen LogP contribution >= 0.6 is 23.5 Å². The summed E-state index contributed by atoms with van der Waals surface area (Å²) in [5.41, 5.74) is 2.80. The Morgan fingerprint density at radius 1 is 1.19 bits per heavy atom. The van der Waals surface area contributed by atoms with E-state index in [4.69, 9.17) is 9.98 Å². The molecular weight excluding hydrogens is 360 g/mol. The number of benzene rings is 1. The zero-order chi connectivity index (χ0) is 17.3. The number of hydrogen-bond acceptors (Lipinski definition) is 6. The van der Waals surface area contributed by atoms with Gasteiger partial charge in [0.2, 0.25) is 0 Å². The minimum Gasteiger partial charge on any atom is -0.360 e. The van der Waals surface area contributed by atoms with Gasteiger partial charge in [-0.15, -0.1) is 0 Å². The molecule has 1 aliphatic carbocycles. The maximum atomic E-state index is 4.96. The predicted molar refractivity (Wildman–Crippen MR) is 113 cm³/mol. The molecule has 1 saturated carbocycles. The van der Waals surface area contributed by atoms with Crippen molar-refractivity contribution in [2.45, 2.75) is 50.2 Å². The second kappa shape index (κ2) is 7.31. The molecule has 0 bridgehead atoms. The van der Waals surface area contributed by atoms with Crippen LogP contribution in [0.25, 0.3) is 0 Å². The molecule has 0 aromatic heterocycles. The van der Waals surface area contributed by atoms with Crippen molar-refractivity contribution in [1.82, 2.24) is 10.2 Å². The lowest BCUT2D eigenvalue weighted by atomic mass is 9.91. The van der Waals surface area contributed by atoms with Gasteiger partial charge in [-0.2, -0.15) is 0 Å². The fourth-order valence-corrected chi connectivity index (χ4v) is 6.33. The van der Waals surface area contributed by atoms with Gasteiger partial charge in [0.25, 0.3) is 0 Å². The third kappa shape index (κ3) is 3.29. The summed E-state index contributed by atoms with van der Waals surface area (Å²) >= 11 is 3.66. The van der Waals surface area contributed by atoms with Crippen molar-refractivity contribution >= 4 is 33.9 Å². The van der Waals surface area contributed by atoms with Crippen LogP contribution in [-0.2, 0) is 6.42 Å². The van der Waals surface area contributed by atoms with Crippen molar-refractivity contribution < 1.29 is 0 Å². The van der Waals surface area contributed by atoms with Crippen LogP contribution in [0, 0.1) is 0 Å². The molecule has 4 nitrogen and oxygen atoms in total. The van der Waals surface area contributed by atoms with E-state index in [1.807, 2.05) is 23.5 Å². The van der Waals surface area contributed by atoms with Crippen molar-refractivity contribution in [3.8, 4) is 0 Å². The van der Waals surface area contributed by atoms with Crippen LogP contribution in [0.15, 0.2) is 51.4 Å². The molecule has 1 unspecified atom stereocenters. The van der Waals surface area contributed by atoms with E-state index in [1.165, 1.54) is 42.1 Å². The molecule has 1 N–H and O–H groups in total. The largest absolute Gasteiger partial charge is 0.360 e. The minimum absolute atomic E-state index is 0.429. The van der Waals surface area contributed by atoms with Gasteiger partial charge in [-0.05, 0) is 30.2 Å². The number of amidine groups is 2. The summed E-state index contributed by atoms with van der Waals surface area (Å²) in [6, 6.07) is 12.3. The number of aliphatic imine (C=N–C) groups is 2. The number of rotatable bonds is 4. The third-order valence-electron chi connectivity index (χ3n) is 5.58. The zero-order valence-corrected chi connectivity index (χ0v) is 16.4. The van der Waals surface area contributed by atoms with E-state index < -0.39 is 0 Å². The molecule has 136 valence electrons. The number of hydrogen-bond donors (Lipinski definition) is 1. The molecule has 3 atom stereocenters. The normalized spacial score (nSPS) is 29.6. The fraction of sp³-hybridized carbons (Fsp3) is 0.500. The summed E-state index contributed by atoms with van der Waals surface area (Å²) in [6.07, 6.45) is 6.29. The lowest BCUT2D eigenvalue weighted by molar-refractivity contribution is 0.285. The average Bonchev–Trinajstić information content (AvgIpc) is 3.36. The summed E-state index contributed by atoms with van der Waals surface area (Å²) in [7, 11) is 0. The Bertz CT molecular complexity index is 758. The lowest BCUT2D eigenvalue weighted by Crippen LogP contribution is -2.39. The van der Waals surface area contributed by atoms with E-state index in [0.29, 0.717) is 18.1 Å². The maximum absolute atomic E-state index is 4.96. The quantitative estimate of drug-likeness (QED) is 0.856. The topological polar surface area (TPSA) is 40.0 Å². The van der Waals surface area contributed by atoms with Gasteiger partial charge in [0, 0.05) is 11.4 Å². The summed E-state index contributed by atoms with van der Waals surface area (Å²) in [5.74, 6) is 0.985. The second-order valence-corrected chi connectivity index (χ2v) is 9.19. The van der Waals surface area contributed by atoms with Gasteiger partial charge in [0.05, 0.1) is 24.7 Å². The molecule has 3 aliphatic heterocycles. The van der Waals surface area contributed by atoms with Crippen molar-refractivity contribution in [2.75, 3.05) is 12.3 Å². The Morgan fingerprint density at radius 3 is 3.00 bits per heavy atom. The predicted octanol–water partition coefficient (Wildman–Crippen LogP) is 3.86. The smallest absolute Gasteiger partial charge is 0.168 e. The van der Waals surface area contributed by atoms with E-state index in [1.54, 1.807) is 0 Å². The monoisotopic (exact) mass is 384 g/mol. The SMILES string of the molecule is C1=C(CSC2=NCC(Cc3ccccc3)N2)N2C(=N[C@@H]3CCCC[C@@H]32)S1. The Kier molecular flexibility index (Phi) is 4.71. The molecule has 1 fully saturated rings. The van der Waals surface area contributed by atoms with Crippen molar-refractivity contribution in [3.63, 3.8) is 0 Å². The molecule has 1 aromatic carbocycles. The molecule has 3 heterocycles. The van der Waals surface area contributed by atoms with Gasteiger partial charge >= 0.3 is 0 Å². The first-order chi connectivity index (χ1) is 12.9. The maximum Gasteiger partial charge on any atom is 0.168 e. The van der Waals surface area contributed by atoms with Gasteiger partial charge in [-0.3, -0.25) is 9.98 Å². The first kappa shape index (κ1) is 16.8. The standard InChI is InChI=1S/C20H24N4S2/c1-2-6-14(7-3-1)10-15-11-21-19(22-15)25-12-16-13-26-20-23-17-8-4-5-9-18(17)24(16)20/h1-3,6-7,13,15,17-18H,4-5,8-12H2,(H,21,22)/t15?,17-,18+/m1/s1.